The van der Waals surface area contributed by atoms with E-state index in [1.807, 2.05) is 37.3 Å². The Morgan fingerprint density at radius 2 is 1.85 bits per heavy atom. The van der Waals surface area contributed by atoms with E-state index in [-0.39, 0.29) is 24.3 Å². The third kappa shape index (κ3) is 5.90. The van der Waals surface area contributed by atoms with Gasteiger partial charge in [0.1, 0.15) is 0 Å². The zero-order valence-corrected chi connectivity index (χ0v) is 16.6. The highest BCUT2D eigenvalue weighted by Crippen LogP contribution is 2.22. The molecule has 1 fully saturated rings. The van der Waals surface area contributed by atoms with E-state index in [0.717, 1.165) is 5.56 Å². The van der Waals surface area contributed by atoms with Gasteiger partial charge >= 0.3 is 0 Å². The number of amides is 2. The molecule has 1 aliphatic rings. The van der Waals surface area contributed by atoms with Crippen molar-refractivity contribution in [3.63, 3.8) is 0 Å². The summed E-state index contributed by atoms with van der Waals surface area (Å²) in [6.45, 7) is 2.91. The zero-order chi connectivity index (χ0) is 19.9. The van der Waals surface area contributed by atoms with E-state index in [1.54, 1.807) is 6.08 Å². The van der Waals surface area contributed by atoms with Crippen LogP contribution < -0.4 is 5.32 Å². The minimum absolute atomic E-state index is 0.0319. The average Bonchev–Trinajstić information content (AvgIpc) is 2.70. The fraction of sp³-hybridized carbons (Fsp3) is 0.474. The van der Waals surface area contributed by atoms with Crippen molar-refractivity contribution in [3.8, 4) is 0 Å². The topological polar surface area (TPSA) is 86.8 Å². The fourth-order valence-electron chi connectivity index (χ4n) is 3.03. The summed E-state index contributed by atoms with van der Waals surface area (Å²) >= 11 is 0. The van der Waals surface area contributed by atoms with Crippen LogP contribution in [0, 0.1) is 5.92 Å². The molecule has 2 rings (SSSR count). The van der Waals surface area contributed by atoms with Crippen molar-refractivity contribution in [2.24, 2.45) is 5.92 Å². The highest BCUT2D eigenvalue weighted by Gasteiger charge is 2.32. The van der Waals surface area contributed by atoms with Gasteiger partial charge in [-0.15, -0.1) is 0 Å². The van der Waals surface area contributed by atoms with Crippen LogP contribution in [0.3, 0.4) is 0 Å². The molecule has 0 spiro atoms. The molecule has 0 aliphatic carbocycles. The predicted octanol–water partition coefficient (Wildman–Crippen LogP) is 1.29. The van der Waals surface area contributed by atoms with Crippen LogP contribution in [0.15, 0.2) is 35.7 Å². The first-order valence-electron chi connectivity index (χ1n) is 9.10. The van der Waals surface area contributed by atoms with Crippen molar-refractivity contribution in [1.29, 1.82) is 0 Å². The lowest BCUT2D eigenvalue weighted by molar-refractivity contribution is -0.140. The van der Waals surface area contributed by atoms with Crippen LogP contribution in [0.1, 0.15) is 25.3 Å². The first-order valence-corrected chi connectivity index (χ1v) is 10.6. The molecule has 27 heavy (non-hydrogen) atoms. The Bertz CT molecular complexity index is 769. The van der Waals surface area contributed by atoms with Crippen LogP contribution in [-0.2, 0) is 19.6 Å². The Morgan fingerprint density at radius 1 is 1.22 bits per heavy atom. The van der Waals surface area contributed by atoms with Crippen molar-refractivity contribution >= 4 is 27.9 Å². The van der Waals surface area contributed by atoms with E-state index >= 15 is 0 Å². The summed E-state index contributed by atoms with van der Waals surface area (Å²) in [5.41, 5.74) is 0.818. The second-order valence-corrected chi connectivity index (χ2v) is 8.28. The predicted molar refractivity (Wildman–Crippen MR) is 105 cm³/mol. The molecule has 0 saturated carbocycles. The fourth-order valence-corrected chi connectivity index (χ4v) is 4.25. The van der Waals surface area contributed by atoms with Crippen molar-refractivity contribution in [3.05, 3.63) is 41.3 Å². The molecule has 1 N–H and O–H groups in total. The minimum atomic E-state index is -3.52. The van der Waals surface area contributed by atoms with Crippen LogP contribution in [-0.4, -0.2) is 62.7 Å². The SMILES string of the molecule is CCN(CC(=O)NC)C(=O)C1CCN(S(=O)(=O)C=Cc2ccccc2)CC1. The molecule has 1 aromatic carbocycles. The normalized spacial score (nSPS) is 16.4. The van der Waals surface area contributed by atoms with E-state index in [1.165, 1.54) is 21.7 Å². The van der Waals surface area contributed by atoms with Gasteiger partial charge in [0.2, 0.25) is 21.8 Å². The monoisotopic (exact) mass is 393 g/mol. The van der Waals surface area contributed by atoms with Gasteiger partial charge in [0.25, 0.3) is 0 Å². The molecular weight excluding hydrogens is 366 g/mol. The van der Waals surface area contributed by atoms with Crippen molar-refractivity contribution in [2.45, 2.75) is 19.8 Å². The zero-order valence-electron chi connectivity index (χ0n) is 15.8. The molecular formula is C19H27N3O4S. The lowest BCUT2D eigenvalue weighted by atomic mass is 9.96. The highest BCUT2D eigenvalue weighted by atomic mass is 32.2. The van der Waals surface area contributed by atoms with Gasteiger partial charge in [-0.1, -0.05) is 30.3 Å². The second-order valence-electron chi connectivity index (χ2n) is 6.46. The molecule has 1 saturated heterocycles. The lowest BCUT2D eigenvalue weighted by Crippen LogP contribution is -2.46. The molecule has 2 amide bonds. The number of hydrogen-bond donors (Lipinski definition) is 1. The molecule has 0 atom stereocenters. The standard InChI is InChI=1S/C19H27N3O4S/c1-3-21(15-18(23)20-2)19(24)17-9-12-22(13-10-17)27(25,26)14-11-16-7-5-4-6-8-16/h4-8,11,14,17H,3,9-10,12-13,15H2,1-2H3,(H,20,23). The van der Waals surface area contributed by atoms with Gasteiger partial charge in [-0.25, -0.2) is 8.42 Å². The number of nitrogens with zero attached hydrogens (tertiary/aromatic N) is 2. The van der Waals surface area contributed by atoms with E-state index < -0.39 is 10.0 Å². The van der Waals surface area contributed by atoms with E-state index in [2.05, 4.69) is 5.32 Å². The number of benzene rings is 1. The van der Waals surface area contributed by atoms with Gasteiger partial charge in [-0.3, -0.25) is 9.59 Å². The van der Waals surface area contributed by atoms with Crippen LogP contribution in [0.2, 0.25) is 0 Å². The van der Waals surface area contributed by atoms with Crippen molar-refractivity contribution in [2.75, 3.05) is 33.2 Å². The van der Waals surface area contributed by atoms with Crippen LogP contribution >= 0.6 is 0 Å². The minimum Gasteiger partial charge on any atom is -0.358 e. The molecule has 8 heteroatoms. The molecule has 0 unspecified atom stereocenters. The first-order chi connectivity index (χ1) is 12.9. The number of piperidine rings is 1. The molecule has 1 heterocycles. The van der Waals surface area contributed by atoms with Gasteiger partial charge in [0, 0.05) is 38.0 Å². The van der Waals surface area contributed by atoms with Crippen LogP contribution in [0.25, 0.3) is 6.08 Å². The van der Waals surface area contributed by atoms with E-state index in [0.29, 0.717) is 32.5 Å². The quantitative estimate of drug-likeness (QED) is 0.756. The van der Waals surface area contributed by atoms with Crippen LogP contribution in [0.4, 0.5) is 0 Å². The number of carbonyl (C=O) groups is 2. The van der Waals surface area contributed by atoms with Gasteiger partial charge in [-0.2, -0.15) is 4.31 Å². The summed E-state index contributed by atoms with van der Waals surface area (Å²) in [5, 5.41) is 3.73. The molecule has 148 valence electrons. The maximum Gasteiger partial charge on any atom is 0.239 e. The number of nitrogens with one attached hydrogen (secondary N) is 1. The number of sulfonamides is 1. The number of hydrogen-bond acceptors (Lipinski definition) is 4. The summed E-state index contributed by atoms with van der Waals surface area (Å²) in [6, 6.07) is 9.24. The highest BCUT2D eigenvalue weighted by molar-refractivity contribution is 7.92. The van der Waals surface area contributed by atoms with Crippen molar-refractivity contribution in [1.82, 2.24) is 14.5 Å². The summed E-state index contributed by atoms with van der Waals surface area (Å²) in [5.74, 6) is -0.548. The summed E-state index contributed by atoms with van der Waals surface area (Å²) < 4.78 is 26.4. The lowest BCUT2D eigenvalue weighted by Gasteiger charge is -2.32. The summed E-state index contributed by atoms with van der Waals surface area (Å²) in [7, 11) is -1.98. The Labute approximate surface area is 161 Å². The molecule has 0 aromatic heterocycles. The number of rotatable bonds is 7. The number of carbonyl (C=O) groups excluding carboxylic acids is 2. The first kappa shape index (κ1) is 21.1. The third-order valence-electron chi connectivity index (χ3n) is 4.70. The maximum atomic E-state index is 12.6. The molecule has 0 radical (unpaired) electrons. The molecule has 7 nitrogen and oxygen atoms in total. The van der Waals surface area contributed by atoms with Gasteiger partial charge in [-0.05, 0) is 31.4 Å². The Kier molecular flexibility index (Phi) is 7.55. The largest absolute Gasteiger partial charge is 0.358 e. The Balaban J connectivity index is 1.94. The van der Waals surface area contributed by atoms with Gasteiger partial charge in [0.05, 0.1) is 6.54 Å². The van der Waals surface area contributed by atoms with E-state index in [9.17, 15) is 18.0 Å². The summed E-state index contributed by atoms with van der Waals surface area (Å²) in [4.78, 5) is 25.7. The molecule has 0 bridgehead atoms. The Hall–Kier alpha value is -2.19. The van der Waals surface area contributed by atoms with Crippen molar-refractivity contribution < 1.29 is 18.0 Å². The second kappa shape index (κ2) is 9.66. The van der Waals surface area contributed by atoms with Crippen LogP contribution in [0.5, 0.6) is 0 Å². The smallest absolute Gasteiger partial charge is 0.239 e. The average molecular weight is 394 g/mol. The number of likely N-dealkylation sites (N-methyl/N-ethyl adjacent to an activating group) is 2. The maximum absolute atomic E-state index is 12.6. The van der Waals surface area contributed by atoms with Gasteiger partial charge < -0.3 is 10.2 Å². The third-order valence-corrected chi connectivity index (χ3v) is 6.27. The molecule has 1 aromatic rings. The van der Waals surface area contributed by atoms with Gasteiger partial charge in [0.15, 0.2) is 0 Å². The Morgan fingerprint density at radius 3 is 2.41 bits per heavy atom. The summed E-state index contributed by atoms with van der Waals surface area (Å²) in [6.07, 6.45) is 2.50. The van der Waals surface area contributed by atoms with E-state index in [4.69, 9.17) is 0 Å². The molecule has 1 aliphatic heterocycles.